The molecule has 0 heterocycles. The Hall–Kier alpha value is -2.24. The molecule has 0 aliphatic heterocycles. The molecule has 0 atom stereocenters. The number of anilines is 2. The lowest BCUT2D eigenvalue weighted by Gasteiger charge is -2.57. The molecule has 1 aromatic rings. The third-order valence-corrected chi connectivity index (χ3v) is 6.85. The van der Waals surface area contributed by atoms with Gasteiger partial charge in [-0.25, -0.2) is 8.78 Å². The molecule has 6 heteroatoms. The highest BCUT2D eigenvalue weighted by Crippen LogP contribution is 2.62. The van der Waals surface area contributed by atoms with Crippen molar-refractivity contribution in [2.45, 2.75) is 52.4 Å². The lowest BCUT2D eigenvalue weighted by atomic mass is 9.48. The van der Waals surface area contributed by atoms with Gasteiger partial charge >= 0.3 is 0 Å². The van der Waals surface area contributed by atoms with E-state index in [2.05, 4.69) is 10.6 Å². The summed E-state index contributed by atoms with van der Waals surface area (Å²) in [7, 11) is 0. The Labute approximate surface area is 163 Å². The molecular formula is C22H26F2N2O2. The molecule has 4 aliphatic carbocycles. The zero-order chi connectivity index (χ0) is 20.1. The second kappa shape index (κ2) is 6.98. The summed E-state index contributed by atoms with van der Waals surface area (Å²) in [5.41, 5.74) is 0.860. The molecule has 4 aliphatic rings. The molecule has 1 aromatic carbocycles. The summed E-state index contributed by atoms with van der Waals surface area (Å²) in [5.74, 6) is -0.341. The molecular weight excluding hydrogens is 362 g/mol. The van der Waals surface area contributed by atoms with Crippen LogP contribution in [0.4, 0.5) is 20.2 Å². The minimum atomic E-state index is -0.883. The predicted octanol–water partition coefficient (Wildman–Crippen LogP) is 5.02. The van der Waals surface area contributed by atoms with Gasteiger partial charge in [0.25, 0.3) is 0 Å². The van der Waals surface area contributed by atoms with Crippen LogP contribution in [0.2, 0.25) is 0 Å². The Bertz CT molecular complexity index is 827. The largest absolute Gasteiger partial charge is 0.324 e. The summed E-state index contributed by atoms with van der Waals surface area (Å²) in [6.45, 7) is 3.25. The van der Waals surface area contributed by atoms with Crippen molar-refractivity contribution in [3.8, 4) is 0 Å². The molecule has 0 aromatic heterocycles. The van der Waals surface area contributed by atoms with Crippen LogP contribution in [0.25, 0.3) is 0 Å². The van der Waals surface area contributed by atoms with Gasteiger partial charge in [0.2, 0.25) is 11.8 Å². The van der Waals surface area contributed by atoms with Crippen LogP contribution < -0.4 is 10.6 Å². The van der Waals surface area contributed by atoms with E-state index in [1.807, 2.05) is 6.92 Å². The maximum Gasteiger partial charge on any atom is 0.248 e. The van der Waals surface area contributed by atoms with E-state index in [0.29, 0.717) is 6.07 Å². The van der Waals surface area contributed by atoms with Crippen LogP contribution in [0.15, 0.2) is 23.8 Å². The Morgan fingerprint density at radius 2 is 1.43 bits per heavy atom. The number of carbonyl (C=O) groups excluding carboxylic acids is 2. The highest BCUT2D eigenvalue weighted by Gasteiger charge is 2.51. The highest BCUT2D eigenvalue weighted by molar-refractivity contribution is 6.00. The Morgan fingerprint density at radius 1 is 0.929 bits per heavy atom. The Balaban J connectivity index is 1.52. The molecule has 0 radical (unpaired) electrons. The van der Waals surface area contributed by atoms with Crippen molar-refractivity contribution >= 4 is 23.2 Å². The SMILES string of the molecule is CC(=O)Nc1cc(NC(=O)C=C(C)C23CC4CC(CC(C4)C2)C3)c(F)cc1F. The fourth-order valence-corrected chi connectivity index (χ4v) is 6.04. The summed E-state index contributed by atoms with van der Waals surface area (Å²) >= 11 is 0. The molecule has 4 bridgehead atoms. The minimum absolute atomic E-state index is 0.106. The van der Waals surface area contributed by atoms with Crippen LogP contribution >= 0.6 is 0 Å². The number of hydrogen-bond acceptors (Lipinski definition) is 2. The van der Waals surface area contributed by atoms with E-state index in [1.54, 1.807) is 6.08 Å². The van der Waals surface area contributed by atoms with Crippen molar-refractivity contribution in [2.75, 3.05) is 10.6 Å². The van der Waals surface area contributed by atoms with Gasteiger partial charge in [0.1, 0.15) is 11.6 Å². The molecule has 150 valence electrons. The molecule has 0 saturated heterocycles. The fraction of sp³-hybridized carbons (Fsp3) is 0.545. The zero-order valence-corrected chi connectivity index (χ0v) is 16.3. The van der Waals surface area contributed by atoms with Crippen molar-refractivity contribution in [3.63, 3.8) is 0 Å². The number of benzene rings is 1. The molecule has 5 rings (SSSR count). The normalized spacial score (nSPS) is 31.0. The molecule has 28 heavy (non-hydrogen) atoms. The number of rotatable bonds is 4. The second-order valence-electron chi connectivity index (χ2n) is 9.01. The summed E-state index contributed by atoms with van der Waals surface area (Å²) in [6, 6.07) is 1.77. The number of allylic oxidation sites excluding steroid dienone is 1. The van der Waals surface area contributed by atoms with Gasteiger partial charge < -0.3 is 10.6 Å². The van der Waals surface area contributed by atoms with Gasteiger partial charge in [0, 0.05) is 19.1 Å². The molecule has 0 spiro atoms. The van der Waals surface area contributed by atoms with Crippen molar-refractivity contribution in [3.05, 3.63) is 35.4 Å². The van der Waals surface area contributed by atoms with E-state index in [9.17, 15) is 18.4 Å². The standard InChI is InChI=1S/C22H26F2N2O2/c1-12(22-9-14-4-15(10-22)6-16(5-14)11-22)3-21(28)26-20-8-19(25-13(2)27)17(23)7-18(20)24/h3,7-8,14-16H,4-6,9-11H2,1-2H3,(H,25,27)(H,26,28). The summed E-state index contributed by atoms with van der Waals surface area (Å²) in [4.78, 5) is 23.7. The average Bonchev–Trinajstić information content (AvgIpc) is 2.57. The predicted molar refractivity (Wildman–Crippen MR) is 104 cm³/mol. The smallest absolute Gasteiger partial charge is 0.248 e. The van der Waals surface area contributed by atoms with Crippen molar-refractivity contribution in [1.29, 1.82) is 0 Å². The van der Waals surface area contributed by atoms with Crippen LogP contribution in [0.5, 0.6) is 0 Å². The van der Waals surface area contributed by atoms with Gasteiger partial charge in [-0.2, -0.15) is 0 Å². The summed E-state index contributed by atoms with van der Waals surface area (Å²) in [6.07, 6.45) is 8.99. The summed E-state index contributed by atoms with van der Waals surface area (Å²) < 4.78 is 27.9. The first-order valence-corrected chi connectivity index (χ1v) is 10.0. The first-order valence-electron chi connectivity index (χ1n) is 10.0. The molecule has 2 N–H and O–H groups in total. The number of halogens is 2. The van der Waals surface area contributed by atoms with E-state index in [4.69, 9.17) is 0 Å². The molecule has 0 unspecified atom stereocenters. The van der Waals surface area contributed by atoms with Gasteiger partial charge in [-0.1, -0.05) is 5.57 Å². The zero-order valence-electron chi connectivity index (χ0n) is 16.3. The third-order valence-electron chi connectivity index (χ3n) is 6.85. The van der Waals surface area contributed by atoms with E-state index in [0.717, 1.165) is 48.7 Å². The number of hydrogen-bond donors (Lipinski definition) is 2. The van der Waals surface area contributed by atoms with Gasteiger partial charge in [0.05, 0.1) is 11.4 Å². The van der Waals surface area contributed by atoms with Gasteiger partial charge in [-0.3, -0.25) is 9.59 Å². The lowest BCUT2D eigenvalue weighted by molar-refractivity contribution is -0.114. The molecule has 4 fully saturated rings. The topological polar surface area (TPSA) is 58.2 Å². The molecule has 4 saturated carbocycles. The second-order valence-corrected chi connectivity index (χ2v) is 9.01. The van der Waals surface area contributed by atoms with Crippen molar-refractivity contribution in [2.24, 2.45) is 23.2 Å². The van der Waals surface area contributed by atoms with E-state index < -0.39 is 23.4 Å². The number of carbonyl (C=O) groups is 2. The van der Waals surface area contributed by atoms with E-state index in [-0.39, 0.29) is 16.8 Å². The van der Waals surface area contributed by atoms with Crippen LogP contribution in [-0.2, 0) is 9.59 Å². The van der Waals surface area contributed by atoms with Crippen molar-refractivity contribution < 1.29 is 18.4 Å². The van der Waals surface area contributed by atoms with Gasteiger partial charge in [-0.15, -0.1) is 0 Å². The number of nitrogens with one attached hydrogen (secondary N) is 2. The maximum atomic E-state index is 14.1. The maximum absolute atomic E-state index is 14.1. The highest BCUT2D eigenvalue weighted by atomic mass is 19.1. The summed E-state index contributed by atoms with van der Waals surface area (Å²) in [5, 5.41) is 4.80. The Morgan fingerprint density at radius 3 is 1.93 bits per heavy atom. The first kappa shape index (κ1) is 19.1. The lowest BCUT2D eigenvalue weighted by Crippen LogP contribution is -2.46. The first-order chi connectivity index (χ1) is 13.2. The minimum Gasteiger partial charge on any atom is -0.324 e. The van der Waals surface area contributed by atoms with Gasteiger partial charge in [0.15, 0.2) is 0 Å². The van der Waals surface area contributed by atoms with Crippen LogP contribution in [0, 0.1) is 34.8 Å². The fourth-order valence-electron chi connectivity index (χ4n) is 6.04. The molecule has 4 nitrogen and oxygen atoms in total. The van der Waals surface area contributed by atoms with Crippen LogP contribution in [0.3, 0.4) is 0 Å². The van der Waals surface area contributed by atoms with Crippen LogP contribution in [-0.4, -0.2) is 11.8 Å². The average molecular weight is 388 g/mol. The van der Waals surface area contributed by atoms with E-state index in [1.165, 1.54) is 26.2 Å². The Kier molecular flexibility index (Phi) is 4.76. The molecule has 2 amide bonds. The van der Waals surface area contributed by atoms with E-state index >= 15 is 0 Å². The number of amides is 2. The third kappa shape index (κ3) is 3.56. The monoisotopic (exact) mass is 388 g/mol. The van der Waals surface area contributed by atoms with Gasteiger partial charge in [-0.05, 0) is 74.7 Å². The van der Waals surface area contributed by atoms with Crippen molar-refractivity contribution in [1.82, 2.24) is 0 Å². The quantitative estimate of drug-likeness (QED) is 0.711. The van der Waals surface area contributed by atoms with Crippen LogP contribution in [0.1, 0.15) is 52.4 Å².